The molecule has 40 heavy (non-hydrogen) atoms. The molecular formula is C30H28N8O2. The number of carbonyl (C=O) groups is 1. The van der Waals surface area contributed by atoms with E-state index < -0.39 is 0 Å². The van der Waals surface area contributed by atoms with Gasteiger partial charge in [-0.3, -0.25) is 4.79 Å². The van der Waals surface area contributed by atoms with E-state index >= 15 is 0 Å². The topological polar surface area (TPSA) is 110 Å². The Hall–Kier alpha value is -4.86. The molecule has 5 heterocycles. The number of likely N-dealkylation sites (tertiary alicyclic amines) is 1. The largest absolute Gasteiger partial charge is 0.457 e. The van der Waals surface area contributed by atoms with Crippen LogP contribution in [0, 0.1) is 12.8 Å². The highest BCUT2D eigenvalue weighted by Crippen LogP contribution is 2.46. The van der Waals surface area contributed by atoms with Crippen molar-refractivity contribution in [1.82, 2.24) is 34.4 Å². The number of aryl methyl sites for hydroxylation is 1. The van der Waals surface area contributed by atoms with Crippen molar-refractivity contribution < 1.29 is 9.53 Å². The number of nitrogens with zero attached hydrogens (tertiary/aromatic N) is 7. The first-order valence-corrected chi connectivity index (χ1v) is 13.5. The lowest BCUT2D eigenvalue weighted by atomic mass is 9.95. The van der Waals surface area contributed by atoms with Crippen LogP contribution in [0.3, 0.4) is 0 Å². The van der Waals surface area contributed by atoms with Crippen molar-refractivity contribution in [1.29, 1.82) is 0 Å². The highest BCUT2D eigenvalue weighted by Gasteiger charge is 2.46. The number of aromatic nitrogens is 6. The number of anilines is 2. The minimum atomic E-state index is 0.00718. The summed E-state index contributed by atoms with van der Waals surface area (Å²) in [6, 6.07) is 13.8. The Bertz CT molecular complexity index is 1770. The highest BCUT2D eigenvalue weighted by molar-refractivity contribution is 5.88. The number of pyridine rings is 2. The van der Waals surface area contributed by atoms with Crippen molar-refractivity contribution in [3.05, 3.63) is 85.2 Å². The maximum atomic E-state index is 12.5. The predicted octanol–water partition coefficient (Wildman–Crippen LogP) is 5.19. The third kappa shape index (κ3) is 4.21. The number of hydrogen-bond donors (Lipinski definition) is 1. The summed E-state index contributed by atoms with van der Waals surface area (Å²) in [7, 11) is 0. The lowest BCUT2D eigenvalue weighted by Crippen LogP contribution is -2.38. The van der Waals surface area contributed by atoms with Gasteiger partial charge in [-0.2, -0.15) is 5.10 Å². The minimum Gasteiger partial charge on any atom is -0.457 e. The third-order valence-electron chi connectivity index (χ3n) is 8.10. The van der Waals surface area contributed by atoms with Crippen LogP contribution in [-0.2, 0) is 4.79 Å². The Morgan fingerprint density at radius 3 is 2.88 bits per heavy atom. The first-order valence-electron chi connectivity index (χ1n) is 13.5. The van der Waals surface area contributed by atoms with E-state index in [4.69, 9.17) is 9.72 Å². The summed E-state index contributed by atoms with van der Waals surface area (Å²) in [6.07, 6.45) is 9.45. The SMILES string of the molecule is C=CC(=O)N1CCC2CC[C@@H](c3ccc4ncnc(Nc5ccc(Oc6ccn7ncnc7c6)c(C)c5)c4n3)[C@@H]21. The molecule has 1 N–H and O–H groups in total. The van der Waals surface area contributed by atoms with Crippen molar-refractivity contribution in [3.63, 3.8) is 0 Å². The van der Waals surface area contributed by atoms with Crippen LogP contribution >= 0.6 is 0 Å². The van der Waals surface area contributed by atoms with Gasteiger partial charge in [0.05, 0.1) is 5.52 Å². The zero-order chi connectivity index (χ0) is 27.2. The first kappa shape index (κ1) is 24.2. The molecule has 1 aliphatic carbocycles. The van der Waals surface area contributed by atoms with Gasteiger partial charge in [-0.25, -0.2) is 24.5 Å². The number of nitrogens with one attached hydrogen (secondary N) is 1. The Labute approximate surface area is 230 Å². The minimum absolute atomic E-state index is 0.00718. The lowest BCUT2D eigenvalue weighted by Gasteiger charge is -2.28. The second-order valence-corrected chi connectivity index (χ2v) is 10.4. The number of fused-ring (bicyclic) bond motifs is 3. The van der Waals surface area contributed by atoms with Gasteiger partial charge >= 0.3 is 0 Å². The standard InChI is InChI=1S/C30H28N8O2/c1-3-27(39)37-12-10-19-4-6-22(29(19)37)23-7-8-24-28(36-23)30(33-16-31-24)35-20-5-9-25(18(2)14-20)40-21-11-13-38-26(15-21)32-17-34-38/h3,5,7-9,11,13-17,19,22,29H,1,4,6,10,12H2,2H3,(H,31,33,35)/t19?,22-,29+/m0/s1. The molecule has 0 radical (unpaired) electrons. The molecule has 0 bridgehead atoms. The van der Waals surface area contributed by atoms with Crippen LogP contribution in [0.2, 0.25) is 0 Å². The van der Waals surface area contributed by atoms with Crippen LogP contribution in [-0.4, -0.2) is 52.9 Å². The molecule has 2 aliphatic rings. The molecule has 1 saturated carbocycles. The predicted molar refractivity (Wildman–Crippen MR) is 151 cm³/mol. The maximum absolute atomic E-state index is 12.5. The van der Waals surface area contributed by atoms with Crippen molar-refractivity contribution in [3.8, 4) is 11.5 Å². The molecule has 1 amide bonds. The summed E-state index contributed by atoms with van der Waals surface area (Å²) in [5.41, 5.74) is 5.00. The van der Waals surface area contributed by atoms with Gasteiger partial charge in [0.1, 0.15) is 29.7 Å². The van der Waals surface area contributed by atoms with Crippen molar-refractivity contribution in [2.24, 2.45) is 5.92 Å². The zero-order valence-corrected chi connectivity index (χ0v) is 22.1. The summed E-state index contributed by atoms with van der Waals surface area (Å²) in [5, 5.41) is 7.55. The van der Waals surface area contributed by atoms with Gasteiger partial charge < -0.3 is 15.0 Å². The van der Waals surface area contributed by atoms with Crippen LogP contribution in [0.15, 0.2) is 74.0 Å². The normalized spacial score (nSPS) is 20.1. The van der Waals surface area contributed by atoms with Gasteiger partial charge in [0.25, 0.3) is 0 Å². The number of ether oxygens (including phenoxy) is 1. The molecule has 10 nitrogen and oxygen atoms in total. The second kappa shape index (κ2) is 9.71. The molecule has 4 aromatic heterocycles. The summed E-state index contributed by atoms with van der Waals surface area (Å²) in [4.78, 5) is 32.8. The molecule has 200 valence electrons. The third-order valence-corrected chi connectivity index (χ3v) is 8.10. The molecule has 10 heteroatoms. The first-order chi connectivity index (χ1) is 19.6. The van der Waals surface area contributed by atoms with E-state index in [1.165, 1.54) is 12.4 Å². The second-order valence-electron chi connectivity index (χ2n) is 10.4. The maximum Gasteiger partial charge on any atom is 0.246 e. The molecule has 3 atom stereocenters. The quantitative estimate of drug-likeness (QED) is 0.298. The summed E-state index contributed by atoms with van der Waals surface area (Å²) < 4.78 is 7.81. The fourth-order valence-corrected chi connectivity index (χ4v) is 6.22. The summed E-state index contributed by atoms with van der Waals surface area (Å²) in [5.74, 6) is 2.77. The van der Waals surface area contributed by atoms with Crippen LogP contribution in [0.4, 0.5) is 11.5 Å². The van der Waals surface area contributed by atoms with E-state index in [0.717, 1.165) is 59.7 Å². The van der Waals surface area contributed by atoms with E-state index in [1.54, 1.807) is 10.8 Å². The monoisotopic (exact) mass is 532 g/mol. The Balaban J connectivity index is 1.15. The molecule has 7 rings (SSSR count). The van der Waals surface area contributed by atoms with E-state index in [-0.39, 0.29) is 17.9 Å². The van der Waals surface area contributed by atoms with E-state index in [1.807, 2.05) is 60.5 Å². The number of amides is 1. The number of benzene rings is 1. The Morgan fingerprint density at radius 2 is 2.00 bits per heavy atom. The molecule has 5 aromatic rings. The van der Waals surface area contributed by atoms with Gasteiger partial charge in [-0.15, -0.1) is 0 Å². The number of hydrogen-bond acceptors (Lipinski definition) is 8. The van der Waals surface area contributed by atoms with Gasteiger partial charge in [-0.1, -0.05) is 6.58 Å². The molecule has 1 aliphatic heterocycles. The number of rotatable bonds is 6. The summed E-state index contributed by atoms with van der Waals surface area (Å²) in [6.45, 7) is 6.49. The lowest BCUT2D eigenvalue weighted by molar-refractivity contribution is -0.127. The van der Waals surface area contributed by atoms with Crippen molar-refractivity contribution >= 4 is 34.1 Å². The zero-order valence-electron chi connectivity index (χ0n) is 22.1. The van der Waals surface area contributed by atoms with Crippen molar-refractivity contribution in [2.75, 3.05) is 11.9 Å². The average Bonchev–Trinajstić information content (AvgIpc) is 3.71. The van der Waals surface area contributed by atoms with Gasteiger partial charge in [0.2, 0.25) is 5.91 Å². The smallest absolute Gasteiger partial charge is 0.246 e. The van der Waals surface area contributed by atoms with E-state index in [2.05, 4.69) is 31.9 Å². The van der Waals surface area contributed by atoms with Crippen LogP contribution in [0.1, 0.15) is 36.4 Å². The van der Waals surface area contributed by atoms with Gasteiger partial charge in [0, 0.05) is 42.1 Å². The average molecular weight is 533 g/mol. The molecular weight excluding hydrogens is 504 g/mol. The molecule has 1 unspecified atom stereocenters. The molecule has 0 spiro atoms. The molecule has 1 saturated heterocycles. The Morgan fingerprint density at radius 1 is 1.07 bits per heavy atom. The fourth-order valence-electron chi connectivity index (χ4n) is 6.22. The van der Waals surface area contributed by atoms with Crippen LogP contribution < -0.4 is 10.1 Å². The Kier molecular flexibility index (Phi) is 5.87. The van der Waals surface area contributed by atoms with Gasteiger partial charge in [0.15, 0.2) is 11.5 Å². The van der Waals surface area contributed by atoms with Crippen molar-refractivity contribution in [2.45, 2.75) is 38.1 Å². The highest BCUT2D eigenvalue weighted by atomic mass is 16.5. The number of carbonyl (C=O) groups excluding carboxylic acids is 1. The molecule has 2 fully saturated rings. The summed E-state index contributed by atoms with van der Waals surface area (Å²) >= 11 is 0. The van der Waals surface area contributed by atoms with Crippen LogP contribution in [0.5, 0.6) is 11.5 Å². The van der Waals surface area contributed by atoms with Crippen LogP contribution in [0.25, 0.3) is 16.7 Å². The van der Waals surface area contributed by atoms with E-state index in [9.17, 15) is 4.79 Å². The fraction of sp³-hybridized carbons (Fsp3) is 0.267. The molecule has 1 aromatic carbocycles. The van der Waals surface area contributed by atoms with Gasteiger partial charge in [-0.05, 0) is 80.1 Å². The van der Waals surface area contributed by atoms with E-state index in [0.29, 0.717) is 23.0 Å².